The summed E-state index contributed by atoms with van der Waals surface area (Å²) in [7, 11) is 3.26. The lowest BCUT2D eigenvalue weighted by molar-refractivity contribution is -0.131. The first-order valence-electron chi connectivity index (χ1n) is 12.1. The molecule has 0 radical (unpaired) electrons. The number of nitrogens with zero attached hydrogens (tertiary/aromatic N) is 4. The fraction of sp³-hybridized carbons (Fsp3) is 0.370. The maximum Gasteiger partial charge on any atom is 0.229 e. The van der Waals surface area contributed by atoms with E-state index < -0.39 is 0 Å². The summed E-state index contributed by atoms with van der Waals surface area (Å²) >= 11 is 0. The maximum absolute atomic E-state index is 13.2. The smallest absolute Gasteiger partial charge is 0.229 e. The molecule has 188 valence electrons. The minimum absolute atomic E-state index is 0.0541. The molecule has 9 nitrogen and oxygen atoms in total. The zero-order chi connectivity index (χ0) is 24.9. The van der Waals surface area contributed by atoms with Crippen LogP contribution < -0.4 is 19.1 Å². The molecule has 1 aromatic heterocycles. The number of methoxy groups -OCH3 is 2. The van der Waals surface area contributed by atoms with Crippen LogP contribution >= 0.6 is 0 Å². The predicted molar refractivity (Wildman–Crippen MR) is 134 cm³/mol. The SMILES string of the molecule is COc1ccc(CC(=O)N2CCc3nc(N4CCOCC4)nc(Oc4ccc(OC)cc4)c3C2)cc1. The van der Waals surface area contributed by atoms with Gasteiger partial charge in [0.2, 0.25) is 17.7 Å². The van der Waals surface area contributed by atoms with Crippen molar-refractivity contribution in [2.75, 3.05) is 52.0 Å². The second-order valence-electron chi connectivity index (χ2n) is 8.72. The van der Waals surface area contributed by atoms with E-state index >= 15 is 0 Å². The van der Waals surface area contributed by atoms with Crippen molar-refractivity contribution in [3.8, 4) is 23.1 Å². The average Bonchev–Trinajstić information content (AvgIpc) is 2.94. The van der Waals surface area contributed by atoms with Gasteiger partial charge in [0.15, 0.2) is 0 Å². The summed E-state index contributed by atoms with van der Waals surface area (Å²) in [6.45, 7) is 3.74. The van der Waals surface area contributed by atoms with E-state index in [-0.39, 0.29) is 5.91 Å². The third-order valence-corrected chi connectivity index (χ3v) is 6.45. The Bertz CT molecular complexity index is 1190. The van der Waals surface area contributed by atoms with E-state index in [0.717, 1.165) is 41.4 Å². The highest BCUT2D eigenvalue weighted by Crippen LogP contribution is 2.32. The van der Waals surface area contributed by atoms with Gasteiger partial charge in [0.1, 0.15) is 17.2 Å². The number of aromatic nitrogens is 2. The Morgan fingerprint density at radius 2 is 1.53 bits per heavy atom. The molecule has 2 aliphatic heterocycles. The number of carbonyl (C=O) groups is 1. The fourth-order valence-electron chi connectivity index (χ4n) is 4.36. The highest BCUT2D eigenvalue weighted by atomic mass is 16.5. The molecule has 1 fully saturated rings. The summed E-state index contributed by atoms with van der Waals surface area (Å²) in [5.74, 6) is 3.33. The van der Waals surface area contributed by atoms with Crippen molar-refractivity contribution in [1.29, 1.82) is 0 Å². The van der Waals surface area contributed by atoms with Crippen molar-refractivity contribution in [1.82, 2.24) is 14.9 Å². The van der Waals surface area contributed by atoms with Gasteiger partial charge in [-0.15, -0.1) is 0 Å². The number of hydrogen-bond acceptors (Lipinski definition) is 8. The Morgan fingerprint density at radius 3 is 2.19 bits per heavy atom. The third-order valence-electron chi connectivity index (χ3n) is 6.45. The summed E-state index contributed by atoms with van der Waals surface area (Å²) in [4.78, 5) is 26.8. The summed E-state index contributed by atoms with van der Waals surface area (Å²) in [6.07, 6.45) is 0.962. The van der Waals surface area contributed by atoms with Gasteiger partial charge >= 0.3 is 0 Å². The zero-order valence-corrected chi connectivity index (χ0v) is 20.6. The monoisotopic (exact) mass is 490 g/mol. The molecule has 0 saturated carbocycles. The molecule has 5 rings (SSSR count). The number of rotatable bonds is 7. The van der Waals surface area contributed by atoms with Crippen LogP contribution in [-0.2, 0) is 28.9 Å². The van der Waals surface area contributed by atoms with Gasteiger partial charge in [0, 0.05) is 26.1 Å². The van der Waals surface area contributed by atoms with Crippen LogP contribution in [0.2, 0.25) is 0 Å². The first-order chi connectivity index (χ1) is 17.6. The van der Waals surface area contributed by atoms with E-state index in [9.17, 15) is 4.79 Å². The average molecular weight is 491 g/mol. The van der Waals surface area contributed by atoms with Crippen molar-refractivity contribution in [2.45, 2.75) is 19.4 Å². The van der Waals surface area contributed by atoms with E-state index in [4.69, 9.17) is 28.9 Å². The van der Waals surface area contributed by atoms with Crippen LogP contribution in [-0.4, -0.2) is 67.8 Å². The molecule has 9 heteroatoms. The summed E-state index contributed by atoms with van der Waals surface area (Å²) in [5.41, 5.74) is 2.71. The van der Waals surface area contributed by atoms with Crippen LogP contribution in [0.1, 0.15) is 16.8 Å². The number of anilines is 1. The molecular weight excluding hydrogens is 460 g/mol. The van der Waals surface area contributed by atoms with Crippen molar-refractivity contribution in [3.05, 3.63) is 65.4 Å². The molecule has 0 spiro atoms. The lowest BCUT2D eigenvalue weighted by Gasteiger charge is -2.32. The number of carbonyl (C=O) groups excluding carboxylic acids is 1. The van der Waals surface area contributed by atoms with Gasteiger partial charge in [0.05, 0.1) is 51.7 Å². The molecule has 0 bridgehead atoms. The number of ether oxygens (including phenoxy) is 4. The summed E-state index contributed by atoms with van der Waals surface area (Å²) in [5, 5.41) is 0. The molecule has 1 saturated heterocycles. The quantitative estimate of drug-likeness (QED) is 0.499. The van der Waals surface area contributed by atoms with Crippen LogP contribution in [0.4, 0.5) is 5.95 Å². The molecule has 0 atom stereocenters. The molecule has 0 N–H and O–H groups in total. The lowest BCUT2D eigenvalue weighted by atomic mass is 10.0. The van der Waals surface area contributed by atoms with Gasteiger partial charge in [-0.25, -0.2) is 4.98 Å². The van der Waals surface area contributed by atoms with Crippen LogP contribution in [0.25, 0.3) is 0 Å². The fourth-order valence-corrected chi connectivity index (χ4v) is 4.36. The number of fused-ring (bicyclic) bond motifs is 1. The van der Waals surface area contributed by atoms with Crippen molar-refractivity contribution >= 4 is 11.9 Å². The van der Waals surface area contributed by atoms with Crippen molar-refractivity contribution in [3.63, 3.8) is 0 Å². The normalized spacial score (nSPS) is 15.3. The van der Waals surface area contributed by atoms with E-state index in [1.807, 2.05) is 53.4 Å². The van der Waals surface area contributed by atoms with Crippen LogP contribution in [0, 0.1) is 0 Å². The van der Waals surface area contributed by atoms with Gasteiger partial charge in [-0.05, 0) is 42.0 Å². The molecule has 0 aliphatic carbocycles. The van der Waals surface area contributed by atoms with Crippen molar-refractivity contribution in [2.24, 2.45) is 0 Å². The highest BCUT2D eigenvalue weighted by Gasteiger charge is 2.28. The van der Waals surface area contributed by atoms with E-state index in [1.165, 1.54) is 0 Å². The molecular formula is C27H30N4O5. The number of benzene rings is 2. The topological polar surface area (TPSA) is 86.3 Å². The molecule has 0 unspecified atom stereocenters. The predicted octanol–water partition coefficient (Wildman–Crippen LogP) is 3.25. The molecule has 2 aromatic carbocycles. The van der Waals surface area contributed by atoms with Crippen LogP contribution in [0.15, 0.2) is 48.5 Å². The Balaban J connectivity index is 1.39. The van der Waals surface area contributed by atoms with Crippen LogP contribution in [0.5, 0.6) is 23.1 Å². The Kier molecular flexibility index (Phi) is 7.18. The Labute approximate surface area is 210 Å². The molecule has 1 amide bonds. The molecule has 3 heterocycles. The van der Waals surface area contributed by atoms with Crippen molar-refractivity contribution < 1.29 is 23.7 Å². The second-order valence-corrected chi connectivity index (χ2v) is 8.72. The standard InChI is InChI=1S/C27H30N4O5/c1-33-20-5-3-19(4-6-20)17-25(32)31-12-11-24-23(18-31)26(36-22-9-7-21(34-2)8-10-22)29-27(28-24)30-13-15-35-16-14-30/h3-10H,11-18H2,1-2H3. The Morgan fingerprint density at radius 1 is 0.889 bits per heavy atom. The van der Waals surface area contributed by atoms with Gasteiger partial charge < -0.3 is 28.7 Å². The lowest BCUT2D eigenvalue weighted by Crippen LogP contribution is -2.40. The van der Waals surface area contributed by atoms with Gasteiger partial charge in [-0.3, -0.25) is 4.79 Å². The van der Waals surface area contributed by atoms with E-state index in [0.29, 0.717) is 56.7 Å². The molecule has 3 aromatic rings. The molecule has 2 aliphatic rings. The van der Waals surface area contributed by atoms with Crippen LogP contribution in [0.3, 0.4) is 0 Å². The minimum atomic E-state index is 0.0541. The zero-order valence-electron chi connectivity index (χ0n) is 20.6. The second kappa shape index (κ2) is 10.8. The first kappa shape index (κ1) is 23.9. The van der Waals surface area contributed by atoms with E-state index in [1.54, 1.807) is 14.2 Å². The maximum atomic E-state index is 13.2. The number of amides is 1. The minimum Gasteiger partial charge on any atom is -0.497 e. The summed E-state index contributed by atoms with van der Waals surface area (Å²) in [6, 6.07) is 15.0. The molecule has 36 heavy (non-hydrogen) atoms. The first-order valence-corrected chi connectivity index (χ1v) is 12.1. The van der Waals surface area contributed by atoms with Gasteiger partial charge in [0.25, 0.3) is 0 Å². The van der Waals surface area contributed by atoms with Gasteiger partial charge in [-0.1, -0.05) is 12.1 Å². The largest absolute Gasteiger partial charge is 0.497 e. The Hall–Kier alpha value is -3.85. The number of hydrogen-bond donors (Lipinski definition) is 0. The van der Waals surface area contributed by atoms with Gasteiger partial charge in [-0.2, -0.15) is 4.98 Å². The number of morpholine rings is 1. The summed E-state index contributed by atoms with van der Waals surface area (Å²) < 4.78 is 22.2. The highest BCUT2D eigenvalue weighted by molar-refractivity contribution is 5.79. The van der Waals surface area contributed by atoms with E-state index in [2.05, 4.69) is 4.90 Å². The third kappa shape index (κ3) is 5.36.